The summed E-state index contributed by atoms with van der Waals surface area (Å²) in [5, 5.41) is 12.5. The average Bonchev–Trinajstić information content (AvgIpc) is 2.98. The van der Waals surface area contributed by atoms with Crippen molar-refractivity contribution in [3.05, 3.63) is 24.3 Å². The van der Waals surface area contributed by atoms with Crippen molar-refractivity contribution in [3.63, 3.8) is 0 Å². The maximum absolute atomic E-state index is 12.1. The number of thioether (sulfide) groups is 1. The van der Waals surface area contributed by atoms with E-state index in [1.807, 2.05) is 17.4 Å². The van der Waals surface area contributed by atoms with Crippen molar-refractivity contribution in [2.75, 3.05) is 19.0 Å². The molecular formula is C14H15F3N4O2S2. The Morgan fingerprint density at radius 3 is 2.84 bits per heavy atom. The maximum atomic E-state index is 12.1. The van der Waals surface area contributed by atoms with Gasteiger partial charge in [0.25, 0.3) is 0 Å². The summed E-state index contributed by atoms with van der Waals surface area (Å²) in [5.74, 6) is -0.0288. The van der Waals surface area contributed by atoms with Crippen molar-refractivity contribution in [2.45, 2.75) is 22.7 Å². The highest BCUT2D eigenvalue weighted by Gasteiger charge is 2.29. The zero-order chi connectivity index (χ0) is 18.4. The number of alkyl halides is 3. The van der Waals surface area contributed by atoms with Gasteiger partial charge in [-0.15, -0.1) is 10.2 Å². The molecule has 0 aliphatic heterocycles. The van der Waals surface area contributed by atoms with Crippen LogP contribution < -0.4 is 15.4 Å². The van der Waals surface area contributed by atoms with Gasteiger partial charge in [0.05, 0.1) is 12.4 Å². The molecule has 0 radical (unpaired) electrons. The highest BCUT2D eigenvalue weighted by Crippen LogP contribution is 2.31. The highest BCUT2D eigenvalue weighted by atomic mass is 32.2. The number of ether oxygens (including phenoxy) is 1. The van der Waals surface area contributed by atoms with E-state index in [4.69, 9.17) is 4.74 Å². The molecule has 0 bridgehead atoms. The number of halogens is 3. The topological polar surface area (TPSA) is 76.1 Å². The Kier molecular flexibility index (Phi) is 6.48. The predicted octanol–water partition coefficient (Wildman–Crippen LogP) is 3.45. The van der Waals surface area contributed by atoms with Crippen LogP contribution in [0.1, 0.15) is 6.92 Å². The summed E-state index contributed by atoms with van der Waals surface area (Å²) in [6.07, 6.45) is -4.43. The van der Waals surface area contributed by atoms with Crippen LogP contribution in [-0.4, -0.2) is 41.2 Å². The van der Waals surface area contributed by atoms with E-state index in [-0.39, 0.29) is 0 Å². The summed E-state index contributed by atoms with van der Waals surface area (Å²) >= 11 is 2.24. The second-order valence-electron chi connectivity index (χ2n) is 4.82. The van der Waals surface area contributed by atoms with Crippen molar-refractivity contribution >= 4 is 39.8 Å². The Bertz CT molecular complexity index is 724. The zero-order valence-electron chi connectivity index (χ0n) is 13.3. The molecule has 0 spiro atoms. The molecule has 0 saturated heterocycles. The van der Waals surface area contributed by atoms with Crippen LogP contribution in [0, 0.1) is 0 Å². The molecule has 0 aliphatic carbocycles. The van der Waals surface area contributed by atoms with Crippen LogP contribution in [0.4, 0.5) is 24.0 Å². The van der Waals surface area contributed by atoms with Gasteiger partial charge in [-0.05, 0) is 19.1 Å². The molecule has 1 unspecified atom stereocenters. The Hall–Kier alpha value is -2.01. The van der Waals surface area contributed by atoms with E-state index in [1.54, 1.807) is 19.2 Å². The fraction of sp³-hybridized carbons (Fsp3) is 0.357. The lowest BCUT2D eigenvalue weighted by atomic mass is 10.3. The number of nitrogens with one attached hydrogen (secondary N) is 2. The summed E-state index contributed by atoms with van der Waals surface area (Å²) in [6, 6.07) is 7.21. The summed E-state index contributed by atoms with van der Waals surface area (Å²) < 4.78 is 41.9. The molecule has 0 saturated carbocycles. The molecule has 1 amide bonds. The van der Waals surface area contributed by atoms with Crippen molar-refractivity contribution in [3.8, 4) is 5.75 Å². The fourth-order valence-corrected chi connectivity index (χ4v) is 3.61. The van der Waals surface area contributed by atoms with Crippen molar-refractivity contribution < 1.29 is 22.7 Å². The molecule has 11 heteroatoms. The quantitative estimate of drug-likeness (QED) is 0.703. The number of aromatic nitrogens is 2. The summed E-state index contributed by atoms with van der Waals surface area (Å²) in [4.78, 5) is 11.7. The first-order chi connectivity index (χ1) is 11.8. The third kappa shape index (κ3) is 6.42. The van der Waals surface area contributed by atoms with Crippen LogP contribution in [0.15, 0.2) is 28.6 Å². The van der Waals surface area contributed by atoms with Gasteiger partial charge in [-0.25, -0.2) is 0 Å². The van der Waals surface area contributed by atoms with Crippen LogP contribution >= 0.6 is 23.1 Å². The monoisotopic (exact) mass is 392 g/mol. The third-order valence-electron chi connectivity index (χ3n) is 2.84. The number of carbonyl (C=O) groups is 1. The van der Waals surface area contributed by atoms with Crippen LogP contribution in [0.5, 0.6) is 5.75 Å². The zero-order valence-corrected chi connectivity index (χ0v) is 14.9. The number of anilines is 2. The smallest absolute Gasteiger partial charge is 0.405 e. The molecular weight excluding hydrogens is 377 g/mol. The van der Waals surface area contributed by atoms with E-state index in [2.05, 4.69) is 15.5 Å². The number of amides is 1. The third-order valence-corrected chi connectivity index (χ3v) is 4.86. The van der Waals surface area contributed by atoms with Gasteiger partial charge in [0.15, 0.2) is 4.34 Å². The highest BCUT2D eigenvalue weighted by molar-refractivity contribution is 8.02. The number of rotatable bonds is 7. The molecule has 1 atom stereocenters. The van der Waals surface area contributed by atoms with Gasteiger partial charge in [-0.2, -0.15) is 13.2 Å². The van der Waals surface area contributed by atoms with Crippen molar-refractivity contribution in [1.29, 1.82) is 0 Å². The van der Waals surface area contributed by atoms with Gasteiger partial charge < -0.3 is 15.4 Å². The Labute approximate surface area is 150 Å². The van der Waals surface area contributed by atoms with Gasteiger partial charge in [0.1, 0.15) is 12.3 Å². The summed E-state index contributed by atoms with van der Waals surface area (Å²) in [6.45, 7) is 0.155. The van der Waals surface area contributed by atoms with E-state index < -0.39 is 23.9 Å². The Morgan fingerprint density at radius 2 is 2.16 bits per heavy atom. The minimum absolute atomic E-state index is 0.472. The fourth-order valence-electron chi connectivity index (χ4n) is 1.67. The molecule has 136 valence electrons. The molecule has 0 fully saturated rings. The standard InChI is InChI=1S/C14H15F3N4O2S2/c1-8(11(22)18-7-14(15,16)17)24-13-21-20-12(25-13)19-9-4-3-5-10(6-9)23-2/h3-6,8H,7H2,1-2H3,(H,18,22)(H,19,20). The number of carbonyl (C=O) groups excluding carboxylic acids is 1. The summed E-state index contributed by atoms with van der Waals surface area (Å²) in [7, 11) is 1.56. The van der Waals surface area contributed by atoms with E-state index in [0.717, 1.165) is 17.4 Å². The van der Waals surface area contributed by atoms with E-state index >= 15 is 0 Å². The van der Waals surface area contributed by atoms with Gasteiger partial charge >= 0.3 is 6.18 Å². The lowest BCUT2D eigenvalue weighted by molar-refractivity contribution is -0.137. The molecule has 2 aromatic rings. The molecule has 1 heterocycles. The van der Waals surface area contributed by atoms with Crippen LogP contribution in [0.2, 0.25) is 0 Å². The van der Waals surface area contributed by atoms with Crippen LogP contribution in [0.3, 0.4) is 0 Å². The number of hydrogen-bond donors (Lipinski definition) is 2. The number of methoxy groups -OCH3 is 1. The second-order valence-corrected chi connectivity index (χ2v) is 7.39. The molecule has 2 rings (SSSR count). The first-order valence-corrected chi connectivity index (χ1v) is 8.72. The van der Waals surface area contributed by atoms with Gasteiger partial charge in [0, 0.05) is 11.8 Å². The van der Waals surface area contributed by atoms with Gasteiger partial charge in [-0.1, -0.05) is 29.2 Å². The van der Waals surface area contributed by atoms with E-state index in [9.17, 15) is 18.0 Å². The number of hydrogen-bond acceptors (Lipinski definition) is 7. The van der Waals surface area contributed by atoms with Crippen molar-refractivity contribution in [2.24, 2.45) is 0 Å². The molecule has 0 aliphatic rings. The maximum Gasteiger partial charge on any atom is 0.405 e. The van der Waals surface area contributed by atoms with Crippen LogP contribution in [0.25, 0.3) is 0 Å². The SMILES string of the molecule is COc1cccc(Nc2nnc(SC(C)C(=O)NCC(F)(F)F)s2)c1. The number of benzene rings is 1. The largest absolute Gasteiger partial charge is 0.497 e. The molecule has 6 nitrogen and oxygen atoms in total. The molecule has 25 heavy (non-hydrogen) atoms. The molecule has 1 aromatic carbocycles. The van der Waals surface area contributed by atoms with E-state index in [0.29, 0.717) is 15.2 Å². The lowest BCUT2D eigenvalue weighted by Crippen LogP contribution is -2.37. The first kappa shape index (κ1) is 19.3. The van der Waals surface area contributed by atoms with Crippen LogP contribution in [-0.2, 0) is 4.79 Å². The average molecular weight is 392 g/mol. The summed E-state index contributed by atoms with van der Waals surface area (Å²) in [5.41, 5.74) is 0.753. The molecule has 2 N–H and O–H groups in total. The Morgan fingerprint density at radius 1 is 1.40 bits per heavy atom. The minimum Gasteiger partial charge on any atom is -0.497 e. The first-order valence-electron chi connectivity index (χ1n) is 7.02. The lowest BCUT2D eigenvalue weighted by Gasteiger charge is -2.11. The Balaban J connectivity index is 1.91. The normalized spacial score (nSPS) is 12.5. The molecule has 1 aromatic heterocycles. The predicted molar refractivity (Wildman–Crippen MR) is 90.6 cm³/mol. The van der Waals surface area contributed by atoms with Crippen molar-refractivity contribution in [1.82, 2.24) is 15.5 Å². The van der Waals surface area contributed by atoms with Gasteiger partial charge in [-0.3, -0.25) is 4.79 Å². The van der Waals surface area contributed by atoms with E-state index in [1.165, 1.54) is 18.3 Å². The minimum atomic E-state index is -4.43. The van der Waals surface area contributed by atoms with Gasteiger partial charge in [0.2, 0.25) is 11.0 Å². The number of nitrogens with zero attached hydrogens (tertiary/aromatic N) is 2. The second kappa shape index (κ2) is 8.39.